The zero-order valence-corrected chi connectivity index (χ0v) is 12.3. The minimum atomic E-state index is -0.264. The molecule has 0 spiro atoms. The Bertz CT molecular complexity index is 625. The molecule has 3 rings (SSSR count). The lowest BCUT2D eigenvalue weighted by Gasteiger charge is -2.12. The molecule has 0 amide bonds. The molecule has 0 radical (unpaired) electrons. The Morgan fingerprint density at radius 2 is 2.00 bits per heavy atom. The van der Waals surface area contributed by atoms with Gasteiger partial charge in [0.15, 0.2) is 0 Å². The number of nitrogens with zero attached hydrogens (tertiary/aromatic N) is 2. The van der Waals surface area contributed by atoms with Crippen molar-refractivity contribution in [2.24, 2.45) is 5.73 Å². The molecular formula is C16H20FN5. The van der Waals surface area contributed by atoms with Gasteiger partial charge in [-0.2, -0.15) is 4.98 Å². The number of rotatable bonds is 7. The topological polar surface area (TPSA) is 75.9 Å². The molecule has 0 aliphatic heterocycles. The molecular weight excluding hydrogens is 281 g/mol. The average molecular weight is 301 g/mol. The van der Waals surface area contributed by atoms with Crippen molar-refractivity contribution in [3.05, 3.63) is 41.8 Å². The quantitative estimate of drug-likeness (QED) is 0.685. The van der Waals surface area contributed by atoms with Crippen molar-refractivity contribution in [2.45, 2.75) is 25.2 Å². The van der Waals surface area contributed by atoms with Crippen molar-refractivity contribution in [3.63, 3.8) is 0 Å². The molecule has 116 valence electrons. The minimum absolute atomic E-state index is 0.264. The van der Waals surface area contributed by atoms with Crippen LogP contribution < -0.4 is 16.4 Å². The van der Waals surface area contributed by atoms with E-state index in [1.165, 1.54) is 30.5 Å². The highest BCUT2D eigenvalue weighted by Crippen LogP contribution is 2.42. The number of anilines is 3. The van der Waals surface area contributed by atoms with Gasteiger partial charge in [0, 0.05) is 24.0 Å². The van der Waals surface area contributed by atoms with E-state index in [0.29, 0.717) is 18.4 Å². The summed E-state index contributed by atoms with van der Waals surface area (Å²) in [6.45, 7) is 1.45. The standard InChI is InChI=1S/C16H20FN5/c17-12-4-6-13(7-5-12)21-16-20-10-14(11-2-3-11)15(22-16)19-9-1-8-18/h4-7,10-11H,1-3,8-9,18H2,(H2,19,20,21,22). The van der Waals surface area contributed by atoms with E-state index >= 15 is 0 Å². The smallest absolute Gasteiger partial charge is 0.229 e. The number of nitrogens with one attached hydrogen (secondary N) is 2. The number of benzene rings is 1. The molecule has 6 heteroatoms. The molecule has 1 heterocycles. The van der Waals surface area contributed by atoms with E-state index in [1.807, 2.05) is 6.20 Å². The first kappa shape index (κ1) is 14.7. The van der Waals surface area contributed by atoms with E-state index in [-0.39, 0.29) is 5.82 Å². The first-order valence-electron chi connectivity index (χ1n) is 7.60. The third-order valence-corrected chi connectivity index (χ3v) is 3.61. The number of halogens is 1. The van der Waals surface area contributed by atoms with Crippen LogP contribution in [0, 0.1) is 5.82 Å². The zero-order chi connectivity index (χ0) is 15.4. The van der Waals surface area contributed by atoms with Gasteiger partial charge in [-0.05, 0) is 56.0 Å². The highest BCUT2D eigenvalue weighted by Gasteiger charge is 2.27. The van der Waals surface area contributed by atoms with Crippen molar-refractivity contribution in [3.8, 4) is 0 Å². The van der Waals surface area contributed by atoms with Crippen LogP contribution in [0.3, 0.4) is 0 Å². The van der Waals surface area contributed by atoms with E-state index in [9.17, 15) is 4.39 Å². The summed E-state index contributed by atoms with van der Waals surface area (Å²) >= 11 is 0. The zero-order valence-electron chi connectivity index (χ0n) is 12.3. The highest BCUT2D eigenvalue weighted by molar-refractivity contribution is 5.57. The minimum Gasteiger partial charge on any atom is -0.370 e. The molecule has 1 aromatic heterocycles. The second-order valence-corrected chi connectivity index (χ2v) is 5.47. The average Bonchev–Trinajstić information content (AvgIpc) is 3.35. The van der Waals surface area contributed by atoms with E-state index in [1.54, 1.807) is 12.1 Å². The summed E-state index contributed by atoms with van der Waals surface area (Å²) in [6.07, 6.45) is 5.16. The van der Waals surface area contributed by atoms with E-state index < -0.39 is 0 Å². The normalized spacial score (nSPS) is 13.9. The number of hydrogen-bond donors (Lipinski definition) is 3. The lowest BCUT2D eigenvalue weighted by molar-refractivity contribution is 0.628. The van der Waals surface area contributed by atoms with Crippen LogP contribution in [0.2, 0.25) is 0 Å². The Labute approximate surface area is 129 Å². The van der Waals surface area contributed by atoms with Crippen LogP contribution in [-0.4, -0.2) is 23.1 Å². The van der Waals surface area contributed by atoms with E-state index in [0.717, 1.165) is 24.5 Å². The Kier molecular flexibility index (Phi) is 4.48. The van der Waals surface area contributed by atoms with Crippen LogP contribution in [0.4, 0.5) is 21.8 Å². The molecule has 5 nitrogen and oxygen atoms in total. The van der Waals surface area contributed by atoms with Crippen molar-refractivity contribution < 1.29 is 4.39 Å². The molecule has 2 aromatic rings. The summed E-state index contributed by atoms with van der Waals surface area (Å²) in [5.41, 5.74) is 7.46. The summed E-state index contributed by atoms with van der Waals surface area (Å²) in [4.78, 5) is 8.92. The Balaban J connectivity index is 1.76. The number of nitrogens with two attached hydrogens (primary N) is 1. The molecule has 4 N–H and O–H groups in total. The summed E-state index contributed by atoms with van der Waals surface area (Å²) in [5.74, 6) is 1.68. The molecule has 1 aliphatic rings. The molecule has 0 unspecified atom stereocenters. The van der Waals surface area contributed by atoms with Gasteiger partial charge in [0.25, 0.3) is 0 Å². The van der Waals surface area contributed by atoms with Crippen molar-refractivity contribution >= 4 is 17.5 Å². The fourth-order valence-electron chi connectivity index (χ4n) is 2.26. The van der Waals surface area contributed by atoms with Gasteiger partial charge < -0.3 is 16.4 Å². The van der Waals surface area contributed by atoms with Gasteiger partial charge in [-0.1, -0.05) is 0 Å². The summed E-state index contributed by atoms with van der Waals surface area (Å²) in [7, 11) is 0. The van der Waals surface area contributed by atoms with Gasteiger partial charge >= 0.3 is 0 Å². The third kappa shape index (κ3) is 3.71. The highest BCUT2D eigenvalue weighted by atomic mass is 19.1. The van der Waals surface area contributed by atoms with Crippen molar-refractivity contribution in [1.29, 1.82) is 0 Å². The maximum atomic E-state index is 12.9. The fourth-order valence-corrected chi connectivity index (χ4v) is 2.26. The van der Waals surface area contributed by atoms with Gasteiger partial charge in [0.1, 0.15) is 11.6 Å². The Morgan fingerprint density at radius 1 is 1.23 bits per heavy atom. The number of hydrogen-bond acceptors (Lipinski definition) is 5. The lowest BCUT2D eigenvalue weighted by Crippen LogP contribution is -2.12. The molecule has 0 bridgehead atoms. The largest absolute Gasteiger partial charge is 0.370 e. The SMILES string of the molecule is NCCCNc1nc(Nc2ccc(F)cc2)ncc1C1CC1. The first-order chi connectivity index (χ1) is 10.8. The Morgan fingerprint density at radius 3 is 2.68 bits per heavy atom. The van der Waals surface area contributed by atoms with Gasteiger partial charge in [0.2, 0.25) is 5.95 Å². The Hall–Kier alpha value is -2.21. The van der Waals surface area contributed by atoms with Crippen LogP contribution in [0.5, 0.6) is 0 Å². The second kappa shape index (κ2) is 6.70. The molecule has 0 atom stereocenters. The maximum absolute atomic E-state index is 12.9. The van der Waals surface area contributed by atoms with Crippen LogP contribution in [0.15, 0.2) is 30.5 Å². The van der Waals surface area contributed by atoms with Gasteiger partial charge in [0.05, 0.1) is 0 Å². The second-order valence-electron chi connectivity index (χ2n) is 5.47. The van der Waals surface area contributed by atoms with Gasteiger partial charge in [-0.25, -0.2) is 9.37 Å². The summed E-state index contributed by atoms with van der Waals surface area (Å²) in [6, 6.07) is 6.13. The molecule has 1 fully saturated rings. The molecule has 1 saturated carbocycles. The maximum Gasteiger partial charge on any atom is 0.229 e. The first-order valence-corrected chi connectivity index (χ1v) is 7.60. The number of aromatic nitrogens is 2. The molecule has 1 aromatic carbocycles. The molecule has 22 heavy (non-hydrogen) atoms. The van der Waals surface area contributed by atoms with Crippen LogP contribution >= 0.6 is 0 Å². The van der Waals surface area contributed by atoms with E-state index in [2.05, 4.69) is 20.6 Å². The third-order valence-electron chi connectivity index (χ3n) is 3.61. The van der Waals surface area contributed by atoms with Crippen LogP contribution in [-0.2, 0) is 0 Å². The summed E-state index contributed by atoms with van der Waals surface area (Å²) < 4.78 is 12.9. The monoisotopic (exact) mass is 301 g/mol. The van der Waals surface area contributed by atoms with Gasteiger partial charge in [-0.15, -0.1) is 0 Å². The van der Waals surface area contributed by atoms with Crippen molar-refractivity contribution in [2.75, 3.05) is 23.7 Å². The van der Waals surface area contributed by atoms with Crippen LogP contribution in [0.25, 0.3) is 0 Å². The predicted molar refractivity (Wildman–Crippen MR) is 85.9 cm³/mol. The van der Waals surface area contributed by atoms with Gasteiger partial charge in [-0.3, -0.25) is 0 Å². The molecule has 1 aliphatic carbocycles. The fraction of sp³-hybridized carbons (Fsp3) is 0.375. The van der Waals surface area contributed by atoms with Crippen molar-refractivity contribution in [1.82, 2.24) is 9.97 Å². The molecule has 0 saturated heterocycles. The predicted octanol–water partition coefficient (Wildman–Crippen LogP) is 3.00. The van der Waals surface area contributed by atoms with Crippen LogP contribution in [0.1, 0.15) is 30.7 Å². The van der Waals surface area contributed by atoms with E-state index in [4.69, 9.17) is 5.73 Å². The summed E-state index contributed by atoms with van der Waals surface area (Å²) in [5, 5.41) is 6.43. The lowest BCUT2D eigenvalue weighted by atomic mass is 10.2.